The highest BCUT2D eigenvalue weighted by Crippen LogP contribution is 2.38. The Kier molecular flexibility index (Phi) is 6.17. The van der Waals surface area contributed by atoms with Crippen molar-refractivity contribution in [1.82, 2.24) is 0 Å². The van der Waals surface area contributed by atoms with E-state index in [9.17, 15) is 0 Å². The van der Waals surface area contributed by atoms with E-state index in [1.807, 2.05) is 12.1 Å². The van der Waals surface area contributed by atoms with E-state index in [-0.39, 0.29) is 6.04 Å². The molecule has 1 aliphatic heterocycles. The first-order valence-electron chi connectivity index (χ1n) is 7.57. The monoisotopic (exact) mass is 341 g/mol. The maximum atomic E-state index is 6.32. The Labute approximate surface area is 130 Å². The first kappa shape index (κ1) is 15.6. The molecule has 1 aliphatic rings. The fourth-order valence-corrected chi connectivity index (χ4v) is 3.10. The number of hydrogen-bond acceptors (Lipinski definition) is 3. The van der Waals surface area contributed by atoms with Gasteiger partial charge in [0.1, 0.15) is 13.2 Å². The number of fused-ring (bicyclic) bond motifs is 1. The van der Waals surface area contributed by atoms with E-state index in [4.69, 9.17) is 15.2 Å². The first-order chi connectivity index (χ1) is 9.72. The lowest BCUT2D eigenvalue weighted by atomic mass is 10.00. The van der Waals surface area contributed by atoms with Crippen LogP contribution in [-0.4, -0.2) is 13.2 Å². The number of unbranched alkanes of at least 4 members (excludes halogenated alkanes) is 4. The molecule has 1 aromatic rings. The predicted molar refractivity (Wildman–Crippen MR) is 85.4 cm³/mol. The van der Waals surface area contributed by atoms with Crippen LogP contribution in [0.4, 0.5) is 0 Å². The number of ether oxygens (including phenoxy) is 2. The molecule has 4 heteroatoms. The lowest BCUT2D eigenvalue weighted by Crippen LogP contribution is -2.17. The smallest absolute Gasteiger partial charge is 0.162 e. The molecule has 0 aliphatic carbocycles. The molecule has 1 aromatic carbocycles. The summed E-state index contributed by atoms with van der Waals surface area (Å²) >= 11 is 3.59. The lowest BCUT2D eigenvalue weighted by molar-refractivity contribution is 0.171. The average Bonchev–Trinajstić information content (AvgIpc) is 2.46. The number of hydrogen-bond donors (Lipinski definition) is 1. The quantitative estimate of drug-likeness (QED) is 0.738. The van der Waals surface area contributed by atoms with Crippen molar-refractivity contribution in [2.24, 2.45) is 5.73 Å². The summed E-state index contributed by atoms with van der Waals surface area (Å²) in [5.74, 6) is 1.62. The summed E-state index contributed by atoms with van der Waals surface area (Å²) in [6.45, 7) is 3.46. The fourth-order valence-electron chi connectivity index (χ4n) is 2.49. The van der Waals surface area contributed by atoms with E-state index in [0.717, 1.165) is 28.0 Å². The molecule has 2 rings (SSSR count). The third-order valence-electron chi connectivity index (χ3n) is 3.68. The molecule has 0 fully saturated rings. The molecular weight excluding hydrogens is 318 g/mol. The second-order valence-electron chi connectivity index (χ2n) is 5.33. The summed E-state index contributed by atoms with van der Waals surface area (Å²) in [6.07, 6.45) is 7.38. The SMILES string of the molecule is CCCCCCCC(N)c1cc2c(cc1Br)OCCO2. The van der Waals surface area contributed by atoms with Crippen LogP contribution in [0.15, 0.2) is 16.6 Å². The van der Waals surface area contributed by atoms with E-state index >= 15 is 0 Å². The van der Waals surface area contributed by atoms with Crippen molar-refractivity contribution in [2.75, 3.05) is 13.2 Å². The summed E-state index contributed by atoms with van der Waals surface area (Å²) in [6, 6.07) is 4.05. The van der Waals surface area contributed by atoms with Crippen LogP contribution in [0, 0.1) is 0 Å². The molecule has 1 unspecified atom stereocenters. The largest absolute Gasteiger partial charge is 0.486 e. The number of rotatable bonds is 7. The Morgan fingerprint density at radius 2 is 1.75 bits per heavy atom. The van der Waals surface area contributed by atoms with E-state index in [0.29, 0.717) is 13.2 Å². The molecule has 112 valence electrons. The zero-order valence-corrected chi connectivity index (χ0v) is 13.7. The second-order valence-corrected chi connectivity index (χ2v) is 6.18. The molecule has 0 bridgehead atoms. The van der Waals surface area contributed by atoms with Gasteiger partial charge in [0, 0.05) is 10.5 Å². The van der Waals surface area contributed by atoms with Crippen molar-refractivity contribution in [3.05, 3.63) is 22.2 Å². The van der Waals surface area contributed by atoms with Gasteiger partial charge < -0.3 is 15.2 Å². The summed E-state index contributed by atoms with van der Waals surface area (Å²) < 4.78 is 12.2. The van der Waals surface area contributed by atoms with Crippen LogP contribution in [0.1, 0.15) is 57.1 Å². The van der Waals surface area contributed by atoms with Gasteiger partial charge in [0.05, 0.1) is 0 Å². The summed E-state index contributed by atoms with van der Waals surface area (Å²) in [7, 11) is 0. The molecule has 0 amide bonds. The zero-order chi connectivity index (χ0) is 14.4. The molecule has 0 saturated heterocycles. The highest BCUT2D eigenvalue weighted by molar-refractivity contribution is 9.10. The van der Waals surface area contributed by atoms with Crippen LogP contribution in [0.2, 0.25) is 0 Å². The number of halogens is 1. The first-order valence-corrected chi connectivity index (χ1v) is 8.36. The van der Waals surface area contributed by atoms with Crippen molar-refractivity contribution in [1.29, 1.82) is 0 Å². The topological polar surface area (TPSA) is 44.5 Å². The Bertz CT molecular complexity index is 437. The minimum atomic E-state index is 0.0572. The maximum Gasteiger partial charge on any atom is 0.162 e. The van der Waals surface area contributed by atoms with Crippen molar-refractivity contribution < 1.29 is 9.47 Å². The summed E-state index contributed by atoms with van der Waals surface area (Å²) in [4.78, 5) is 0. The molecule has 0 saturated carbocycles. The molecule has 2 N–H and O–H groups in total. The molecule has 1 heterocycles. The van der Waals surface area contributed by atoms with Gasteiger partial charge in [-0.2, -0.15) is 0 Å². The van der Waals surface area contributed by atoms with E-state index in [1.54, 1.807) is 0 Å². The number of nitrogens with two attached hydrogens (primary N) is 1. The molecular formula is C16H24BrNO2. The molecule has 0 spiro atoms. The van der Waals surface area contributed by atoms with Gasteiger partial charge in [0.2, 0.25) is 0 Å². The molecule has 0 aromatic heterocycles. The highest BCUT2D eigenvalue weighted by atomic mass is 79.9. The second kappa shape index (κ2) is 7.89. The number of benzene rings is 1. The standard InChI is InChI=1S/C16H24BrNO2/c1-2-3-4-5-6-7-14(18)12-10-15-16(11-13(12)17)20-9-8-19-15/h10-11,14H,2-9,18H2,1H3. The molecule has 20 heavy (non-hydrogen) atoms. The third kappa shape index (κ3) is 4.13. The van der Waals surface area contributed by atoms with Gasteiger partial charge >= 0.3 is 0 Å². The minimum Gasteiger partial charge on any atom is -0.486 e. The van der Waals surface area contributed by atoms with E-state index in [2.05, 4.69) is 22.9 Å². The van der Waals surface area contributed by atoms with Crippen LogP contribution < -0.4 is 15.2 Å². The van der Waals surface area contributed by atoms with Gasteiger partial charge in [-0.3, -0.25) is 0 Å². The van der Waals surface area contributed by atoms with Crippen LogP contribution in [0.25, 0.3) is 0 Å². The fraction of sp³-hybridized carbons (Fsp3) is 0.625. The zero-order valence-electron chi connectivity index (χ0n) is 12.2. The van der Waals surface area contributed by atoms with Crippen molar-refractivity contribution in [3.8, 4) is 11.5 Å². The Morgan fingerprint density at radius 3 is 2.45 bits per heavy atom. The van der Waals surface area contributed by atoms with Crippen molar-refractivity contribution >= 4 is 15.9 Å². The average molecular weight is 342 g/mol. The molecule has 3 nitrogen and oxygen atoms in total. The highest BCUT2D eigenvalue weighted by Gasteiger charge is 2.18. The predicted octanol–water partition coefficient (Wildman–Crippen LogP) is 4.58. The summed E-state index contributed by atoms with van der Waals surface area (Å²) in [5.41, 5.74) is 7.43. The minimum absolute atomic E-state index is 0.0572. The van der Waals surface area contributed by atoms with Crippen LogP contribution in [0.3, 0.4) is 0 Å². The van der Waals surface area contributed by atoms with Crippen LogP contribution in [0.5, 0.6) is 11.5 Å². The van der Waals surface area contributed by atoms with Crippen molar-refractivity contribution in [3.63, 3.8) is 0 Å². The molecule has 0 radical (unpaired) electrons. The van der Waals surface area contributed by atoms with Gasteiger partial charge in [0.25, 0.3) is 0 Å². The van der Waals surface area contributed by atoms with Crippen LogP contribution in [-0.2, 0) is 0 Å². The van der Waals surface area contributed by atoms with Gasteiger partial charge in [-0.25, -0.2) is 0 Å². The van der Waals surface area contributed by atoms with E-state index in [1.165, 1.54) is 32.1 Å². The third-order valence-corrected chi connectivity index (χ3v) is 4.37. The normalized spacial score (nSPS) is 15.2. The molecule has 1 atom stereocenters. The van der Waals surface area contributed by atoms with Gasteiger partial charge in [0.15, 0.2) is 11.5 Å². The van der Waals surface area contributed by atoms with Gasteiger partial charge in [-0.05, 0) is 24.1 Å². The Balaban J connectivity index is 1.93. The Hall–Kier alpha value is -0.740. The van der Waals surface area contributed by atoms with Crippen LogP contribution >= 0.6 is 15.9 Å². The van der Waals surface area contributed by atoms with Gasteiger partial charge in [-0.15, -0.1) is 0 Å². The van der Waals surface area contributed by atoms with Gasteiger partial charge in [-0.1, -0.05) is 55.0 Å². The van der Waals surface area contributed by atoms with E-state index < -0.39 is 0 Å². The maximum absolute atomic E-state index is 6.32. The Morgan fingerprint density at radius 1 is 1.10 bits per heavy atom. The summed E-state index contributed by atoms with van der Waals surface area (Å²) in [5, 5.41) is 0. The lowest BCUT2D eigenvalue weighted by Gasteiger charge is -2.22. The van der Waals surface area contributed by atoms with Crippen molar-refractivity contribution in [2.45, 2.75) is 51.5 Å².